The lowest BCUT2D eigenvalue weighted by molar-refractivity contribution is -0.263. The van der Waals surface area contributed by atoms with E-state index >= 15 is 0 Å². The summed E-state index contributed by atoms with van der Waals surface area (Å²) in [6.07, 6.45) is 10.6. The minimum atomic E-state index is -2.53. The molecule has 18 nitrogen and oxygen atoms in total. The number of piperidine rings is 1. The number of carbonyl (C=O) groups excluding carboxylic acids is 5. The number of rotatable bonds is 6. The maximum absolute atomic E-state index is 14.5. The van der Waals surface area contributed by atoms with Gasteiger partial charge in [-0.25, -0.2) is 9.79 Å². The standard InChI is InChI=1S/C54H86N6O12/c1-31-17-13-12-14-18-32(2)40(57-53(59(8)9)58-52(55)56)29-39-22-20-37(7)54(68,72-39)49(65)50(66)60-24-16-15-19-41(60)51(67)71-44(34(4)27-38-21-23-42(61)45(28-38)69-10)30-43(62)33(3)26-36(6)47(64)48(70-11)46(63)35(5)25-31/h12-14,17-18,26,31,33-35,37-42,44-45,47-48,61,64,68H,15-16,19-25,27-30H2,1-11H3,(H4,55,56,57,58)/b14-12+,17-13+,32-18-,36-26+/t31-,33-,34?,35-,37-,38-,39+,40+,41?,42-,44+,45-,47-,48+,54-/m1/s1. The van der Waals surface area contributed by atoms with E-state index in [9.17, 15) is 39.3 Å². The number of hydrogen-bond donors (Lipinski definition) is 6. The molecule has 0 aromatic heterocycles. The zero-order valence-corrected chi connectivity index (χ0v) is 44.7. The number of aliphatic hydroxyl groups excluding tert-OH is 2. The summed E-state index contributed by atoms with van der Waals surface area (Å²) in [5.41, 5.74) is 6.86. The molecule has 0 radical (unpaired) electrons. The first-order chi connectivity index (χ1) is 33.9. The fourth-order valence-corrected chi connectivity index (χ4v) is 10.5. The summed E-state index contributed by atoms with van der Waals surface area (Å²) in [5, 5.41) is 44.9. The average Bonchev–Trinajstić information content (AvgIpc) is 3.33. The Kier molecular flexibility index (Phi) is 23.0. The van der Waals surface area contributed by atoms with Gasteiger partial charge in [0.25, 0.3) is 11.7 Å². The second kappa shape index (κ2) is 27.6. The number of guanidine groups is 2. The van der Waals surface area contributed by atoms with Crippen molar-refractivity contribution in [3.8, 4) is 0 Å². The molecule has 2 saturated heterocycles. The van der Waals surface area contributed by atoms with Crippen LogP contribution < -0.4 is 11.1 Å². The smallest absolute Gasteiger partial charge is 0.329 e. The van der Waals surface area contributed by atoms with Gasteiger partial charge < -0.3 is 49.8 Å². The van der Waals surface area contributed by atoms with E-state index in [1.54, 1.807) is 59.9 Å². The molecule has 1 saturated carbocycles. The fourth-order valence-electron chi connectivity index (χ4n) is 10.5. The minimum absolute atomic E-state index is 0.0354. The predicted octanol–water partition coefficient (Wildman–Crippen LogP) is 4.93. The molecule has 0 spiro atoms. The molecule has 18 heteroatoms. The summed E-state index contributed by atoms with van der Waals surface area (Å²) < 4.78 is 23.7. The van der Waals surface area contributed by atoms with Crippen molar-refractivity contribution in [2.45, 2.75) is 180 Å². The molecule has 72 heavy (non-hydrogen) atoms. The number of ketones is 3. The number of ether oxygens (including phenoxy) is 4. The van der Waals surface area contributed by atoms with Crippen molar-refractivity contribution in [3.63, 3.8) is 0 Å². The number of Topliss-reactive ketones (excluding diaryl/α,β-unsaturated/α-hetero) is 3. The molecule has 404 valence electrons. The van der Waals surface area contributed by atoms with Crippen molar-refractivity contribution >= 4 is 41.1 Å². The molecule has 0 aromatic rings. The SMILES string of the molecule is CO[C@@H]1C[C@@H](CC(C)[C@@H]2CC(=O)[C@H](C)/C=C(\C)[C@@H](O)[C@@H](OC)C(=O)[C@H](C)C[C@H](C)/C=C/C=C/C=C(/C)[C@@H](/N=C(/NC(=N)N)N(C)C)C[C@@H]3CC[C@@H](C)[C@@](O)(O3)C(=O)C(=O)N3CCCCC3C(=O)O2)CC[C@H]1O. The molecule has 1 amide bonds. The lowest BCUT2D eigenvalue weighted by atomic mass is 9.78. The third-order valence-electron chi connectivity index (χ3n) is 15.2. The van der Waals surface area contributed by atoms with Crippen LogP contribution in [0.3, 0.4) is 0 Å². The second-order valence-electron chi connectivity index (χ2n) is 21.3. The summed E-state index contributed by atoms with van der Waals surface area (Å²) in [6.45, 7) is 12.6. The molecule has 15 atom stereocenters. The normalized spacial score (nSPS) is 37.8. The van der Waals surface area contributed by atoms with Crippen molar-refractivity contribution in [1.29, 1.82) is 5.41 Å². The number of nitrogens with two attached hydrogens (primary N) is 1. The molecule has 4 aliphatic rings. The molecule has 2 unspecified atom stereocenters. The lowest BCUT2D eigenvalue weighted by Gasteiger charge is -2.42. The van der Waals surface area contributed by atoms with E-state index in [0.29, 0.717) is 63.4 Å². The molecule has 4 rings (SSSR count). The van der Waals surface area contributed by atoms with Crippen LogP contribution in [0.25, 0.3) is 0 Å². The maximum Gasteiger partial charge on any atom is 0.329 e. The highest BCUT2D eigenvalue weighted by molar-refractivity contribution is 6.39. The van der Waals surface area contributed by atoms with Crippen LogP contribution >= 0.6 is 0 Å². The van der Waals surface area contributed by atoms with Gasteiger partial charge in [0.05, 0.1) is 24.4 Å². The molecule has 3 heterocycles. The third kappa shape index (κ3) is 16.2. The molecule has 2 bridgehead atoms. The van der Waals surface area contributed by atoms with Crippen molar-refractivity contribution in [3.05, 3.63) is 47.6 Å². The Balaban J connectivity index is 1.77. The van der Waals surface area contributed by atoms with Crippen LogP contribution in [-0.2, 0) is 42.9 Å². The minimum Gasteiger partial charge on any atom is -0.460 e. The first-order valence-corrected chi connectivity index (χ1v) is 25.9. The summed E-state index contributed by atoms with van der Waals surface area (Å²) in [7, 11) is 6.41. The van der Waals surface area contributed by atoms with Gasteiger partial charge in [-0.15, -0.1) is 0 Å². The average molecular weight is 1010 g/mol. The Hall–Kier alpha value is -4.59. The van der Waals surface area contributed by atoms with Crippen LogP contribution in [-0.4, -0.2) is 156 Å². The number of hydrogen-bond acceptors (Lipinski definition) is 14. The topological polar surface area (TPSA) is 264 Å². The molecule has 7 N–H and O–H groups in total. The van der Waals surface area contributed by atoms with E-state index < -0.39 is 83.8 Å². The number of allylic oxidation sites excluding steroid dienone is 6. The monoisotopic (exact) mass is 1010 g/mol. The van der Waals surface area contributed by atoms with Crippen LogP contribution in [0.4, 0.5) is 0 Å². The number of nitrogens with zero attached hydrogens (tertiary/aromatic N) is 3. The molecular formula is C54H86N6O12. The van der Waals surface area contributed by atoms with Gasteiger partial charge in [-0.1, -0.05) is 71.1 Å². The van der Waals surface area contributed by atoms with Crippen molar-refractivity contribution in [2.75, 3.05) is 34.9 Å². The summed E-state index contributed by atoms with van der Waals surface area (Å²) in [6, 6.07) is -1.80. The van der Waals surface area contributed by atoms with Crippen LogP contribution in [0.5, 0.6) is 0 Å². The Morgan fingerprint density at radius 2 is 1.67 bits per heavy atom. The van der Waals surface area contributed by atoms with Crippen molar-refractivity contribution < 1.29 is 58.2 Å². The van der Waals surface area contributed by atoms with E-state index in [1.165, 1.54) is 12.0 Å². The molecule has 1 aliphatic carbocycles. The summed E-state index contributed by atoms with van der Waals surface area (Å²) in [5.74, 6) is -8.51. The van der Waals surface area contributed by atoms with E-state index in [0.717, 1.165) is 5.57 Å². The number of methoxy groups -OCH3 is 2. The Labute approximate surface area is 427 Å². The number of aliphatic hydroxyl groups is 3. The quantitative estimate of drug-likeness (QED) is 0.0677. The van der Waals surface area contributed by atoms with E-state index in [2.05, 4.69) is 5.32 Å². The Bertz CT molecular complexity index is 2050. The maximum atomic E-state index is 14.5. The van der Waals surface area contributed by atoms with Gasteiger partial charge in [0.1, 0.15) is 30.1 Å². The zero-order chi connectivity index (χ0) is 53.6. The number of cyclic esters (lactones) is 1. The first-order valence-electron chi connectivity index (χ1n) is 25.9. The van der Waals surface area contributed by atoms with Gasteiger partial charge in [0.2, 0.25) is 11.7 Å². The molecular weight excluding hydrogens is 925 g/mol. The predicted molar refractivity (Wildman–Crippen MR) is 274 cm³/mol. The number of fused-ring (bicyclic) bond motifs is 3. The number of carbonyl (C=O) groups is 5. The Morgan fingerprint density at radius 3 is 2.32 bits per heavy atom. The molecule has 3 aliphatic heterocycles. The highest BCUT2D eigenvalue weighted by atomic mass is 16.6. The Morgan fingerprint density at radius 1 is 0.958 bits per heavy atom. The molecule has 0 aromatic carbocycles. The second-order valence-corrected chi connectivity index (χ2v) is 21.3. The first kappa shape index (κ1) is 60.0. The number of amides is 1. The van der Waals surface area contributed by atoms with E-state index in [4.69, 9.17) is 35.1 Å². The van der Waals surface area contributed by atoms with Crippen LogP contribution in [0.1, 0.15) is 126 Å². The highest BCUT2D eigenvalue weighted by Gasteiger charge is 2.53. The number of aliphatic imine (C=N–C) groups is 1. The van der Waals surface area contributed by atoms with Gasteiger partial charge in [-0.3, -0.25) is 29.9 Å². The number of esters is 1. The van der Waals surface area contributed by atoms with Crippen LogP contribution in [0.15, 0.2) is 52.6 Å². The van der Waals surface area contributed by atoms with Gasteiger partial charge in [0.15, 0.2) is 11.7 Å². The van der Waals surface area contributed by atoms with E-state index in [-0.39, 0.29) is 73.2 Å². The summed E-state index contributed by atoms with van der Waals surface area (Å²) >= 11 is 0. The number of nitrogens with one attached hydrogen (secondary N) is 2. The van der Waals surface area contributed by atoms with Gasteiger partial charge in [-0.05, 0) is 107 Å². The largest absolute Gasteiger partial charge is 0.460 e. The van der Waals surface area contributed by atoms with Crippen molar-refractivity contribution in [2.24, 2.45) is 46.2 Å². The summed E-state index contributed by atoms with van der Waals surface area (Å²) in [4.78, 5) is 79.2. The van der Waals surface area contributed by atoms with Gasteiger partial charge in [-0.2, -0.15) is 0 Å². The fraction of sp³-hybridized carbons (Fsp3) is 0.722. The van der Waals surface area contributed by atoms with Crippen molar-refractivity contribution in [1.82, 2.24) is 15.1 Å². The van der Waals surface area contributed by atoms with Crippen LogP contribution in [0, 0.1) is 40.9 Å². The highest BCUT2D eigenvalue weighted by Crippen LogP contribution is 2.38. The van der Waals surface area contributed by atoms with Crippen LogP contribution in [0.2, 0.25) is 0 Å². The lowest BCUT2D eigenvalue weighted by Crippen LogP contribution is -2.61. The van der Waals surface area contributed by atoms with E-state index in [1.807, 2.05) is 51.2 Å². The zero-order valence-electron chi connectivity index (χ0n) is 44.7. The third-order valence-corrected chi connectivity index (χ3v) is 15.2. The van der Waals surface area contributed by atoms with Gasteiger partial charge >= 0.3 is 5.97 Å². The molecule has 3 fully saturated rings. The van der Waals surface area contributed by atoms with Gasteiger partial charge in [0, 0.05) is 65.5 Å².